The molecule has 0 amide bonds. The first-order valence-corrected chi connectivity index (χ1v) is 5.47. The van der Waals surface area contributed by atoms with Gasteiger partial charge in [0.15, 0.2) is 5.83 Å². The Labute approximate surface area is 90.0 Å². The average Bonchev–Trinajstić information content (AvgIpc) is 2.15. The molecule has 0 aliphatic rings. The maximum atomic E-state index is 12.9. The fraction of sp³-hybridized carbons (Fsp3) is 0.111. The van der Waals surface area contributed by atoms with Gasteiger partial charge in [-0.05, 0) is 24.6 Å². The van der Waals surface area contributed by atoms with E-state index < -0.39 is 32.5 Å². The molecule has 1 N–H and O–H groups in total. The zero-order valence-electron chi connectivity index (χ0n) is 8.04. The Kier molecular flexibility index (Phi) is 3.39. The van der Waals surface area contributed by atoms with Crippen LogP contribution in [0.4, 0.5) is 13.2 Å². The molecule has 1 aromatic carbocycles. The molecule has 0 aliphatic heterocycles. The molecule has 7 heteroatoms. The summed E-state index contributed by atoms with van der Waals surface area (Å²) < 4.78 is 67.1. The van der Waals surface area contributed by atoms with Gasteiger partial charge in [0.2, 0.25) is 0 Å². The Morgan fingerprint density at radius 2 is 1.81 bits per heavy atom. The first-order valence-electron chi connectivity index (χ1n) is 4.03. The molecule has 3 nitrogen and oxygen atoms in total. The molecule has 16 heavy (non-hydrogen) atoms. The quantitative estimate of drug-likeness (QED) is 0.823. The zero-order chi connectivity index (χ0) is 12.5. The van der Waals surface area contributed by atoms with Crippen molar-refractivity contribution < 1.29 is 26.1 Å². The van der Waals surface area contributed by atoms with Crippen LogP contribution < -0.4 is 0 Å². The third-order valence-corrected chi connectivity index (χ3v) is 2.76. The van der Waals surface area contributed by atoms with Gasteiger partial charge in [-0.25, -0.2) is 4.39 Å². The van der Waals surface area contributed by atoms with Crippen LogP contribution in [0.2, 0.25) is 0 Å². The van der Waals surface area contributed by atoms with Crippen LogP contribution in [0.1, 0.15) is 11.1 Å². The summed E-state index contributed by atoms with van der Waals surface area (Å²) in [5.41, 5.74) is -0.423. The number of rotatable bonds is 2. The molecule has 0 unspecified atom stereocenters. The summed E-state index contributed by atoms with van der Waals surface area (Å²) in [4.78, 5) is -0.635. The highest BCUT2D eigenvalue weighted by atomic mass is 32.2. The van der Waals surface area contributed by atoms with Crippen molar-refractivity contribution >= 4 is 15.9 Å². The van der Waals surface area contributed by atoms with Crippen LogP contribution in [0.5, 0.6) is 0 Å². The van der Waals surface area contributed by atoms with Crippen molar-refractivity contribution in [3.8, 4) is 0 Å². The second kappa shape index (κ2) is 4.26. The van der Waals surface area contributed by atoms with Gasteiger partial charge in [0.05, 0.1) is 4.90 Å². The number of aryl methyl sites for hydroxylation is 1. The van der Waals surface area contributed by atoms with E-state index in [1.165, 1.54) is 6.92 Å². The predicted octanol–water partition coefficient (Wildman–Crippen LogP) is 2.78. The van der Waals surface area contributed by atoms with E-state index in [1.54, 1.807) is 0 Å². The minimum Gasteiger partial charge on any atom is -0.282 e. The van der Waals surface area contributed by atoms with Gasteiger partial charge >= 0.3 is 6.08 Å². The van der Waals surface area contributed by atoms with E-state index in [9.17, 15) is 21.6 Å². The van der Waals surface area contributed by atoms with Gasteiger partial charge in [-0.2, -0.15) is 17.2 Å². The fourth-order valence-electron chi connectivity index (χ4n) is 1.10. The molecule has 0 aromatic heterocycles. The van der Waals surface area contributed by atoms with Crippen molar-refractivity contribution in [1.29, 1.82) is 0 Å². The molecule has 0 bridgehead atoms. The molecule has 0 saturated carbocycles. The largest absolute Gasteiger partial charge is 0.306 e. The highest BCUT2D eigenvalue weighted by molar-refractivity contribution is 7.85. The Hall–Kier alpha value is -1.34. The summed E-state index contributed by atoms with van der Waals surface area (Å²) in [5, 5.41) is 0. The monoisotopic (exact) mass is 252 g/mol. The van der Waals surface area contributed by atoms with Gasteiger partial charge in [0.1, 0.15) is 0 Å². The van der Waals surface area contributed by atoms with Crippen LogP contribution in [0, 0.1) is 6.92 Å². The van der Waals surface area contributed by atoms with Crippen molar-refractivity contribution in [2.45, 2.75) is 11.8 Å². The summed E-state index contributed by atoms with van der Waals surface area (Å²) in [6, 6.07) is 2.78. The Bertz CT molecular complexity index is 545. The van der Waals surface area contributed by atoms with Gasteiger partial charge < -0.3 is 0 Å². The number of halogens is 3. The van der Waals surface area contributed by atoms with Gasteiger partial charge in [0, 0.05) is 5.56 Å². The van der Waals surface area contributed by atoms with E-state index in [-0.39, 0.29) is 5.56 Å². The van der Waals surface area contributed by atoms with Crippen LogP contribution >= 0.6 is 0 Å². The molecule has 1 rings (SSSR count). The van der Waals surface area contributed by atoms with E-state index in [1.807, 2.05) is 0 Å². The lowest BCUT2D eigenvalue weighted by Gasteiger charge is -2.04. The predicted molar refractivity (Wildman–Crippen MR) is 51.2 cm³/mol. The SMILES string of the molecule is Cc1ccc(S(=O)(=O)O)cc1C(F)=C(F)F. The van der Waals surface area contributed by atoms with Crippen LogP contribution in [0.25, 0.3) is 5.83 Å². The highest BCUT2D eigenvalue weighted by Gasteiger charge is 2.16. The van der Waals surface area contributed by atoms with Gasteiger partial charge in [-0.1, -0.05) is 6.07 Å². The molecular formula is C9H7F3O3S. The highest BCUT2D eigenvalue weighted by Crippen LogP contribution is 2.27. The molecule has 0 heterocycles. The zero-order valence-corrected chi connectivity index (χ0v) is 8.85. The van der Waals surface area contributed by atoms with Crippen LogP contribution in [-0.2, 0) is 10.1 Å². The fourth-order valence-corrected chi connectivity index (χ4v) is 1.61. The standard InChI is InChI=1S/C9H7F3O3S/c1-5-2-3-6(16(13,14)15)4-7(5)8(10)9(11)12/h2-4H,1H3,(H,13,14,15). The van der Waals surface area contributed by atoms with Crippen LogP contribution in [0.3, 0.4) is 0 Å². The van der Waals surface area contributed by atoms with E-state index >= 15 is 0 Å². The lowest BCUT2D eigenvalue weighted by atomic mass is 10.1. The molecule has 88 valence electrons. The molecule has 0 atom stereocenters. The summed E-state index contributed by atoms with van der Waals surface area (Å²) in [6.45, 7) is 1.34. The summed E-state index contributed by atoms with van der Waals surface area (Å²) >= 11 is 0. The Balaban J connectivity index is 3.48. The van der Waals surface area contributed by atoms with Crippen LogP contribution in [-0.4, -0.2) is 13.0 Å². The van der Waals surface area contributed by atoms with Gasteiger partial charge in [-0.15, -0.1) is 0 Å². The smallest absolute Gasteiger partial charge is 0.282 e. The average molecular weight is 252 g/mol. The number of benzene rings is 1. The van der Waals surface area contributed by atoms with Crippen LogP contribution in [0.15, 0.2) is 29.2 Å². The van der Waals surface area contributed by atoms with Gasteiger partial charge in [-0.3, -0.25) is 4.55 Å². The van der Waals surface area contributed by atoms with Crippen molar-refractivity contribution in [3.63, 3.8) is 0 Å². The Morgan fingerprint density at radius 3 is 2.25 bits per heavy atom. The third kappa shape index (κ3) is 2.61. The second-order valence-electron chi connectivity index (χ2n) is 3.03. The molecule has 0 aliphatic carbocycles. The summed E-state index contributed by atoms with van der Waals surface area (Å²) in [6.07, 6.45) is -2.55. The molecule has 0 spiro atoms. The molecule has 0 radical (unpaired) electrons. The minimum absolute atomic E-state index is 0.137. The van der Waals surface area contributed by atoms with Crippen molar-refractivity contribution in [3.05, 3.63) is 35.4 Å². The Morgan fingerprint density at radius 1 is 1.25 bits per heavy atom. The summed E-state index contributed by atoms with van der Waals surface area (Å²) in [5.74, 6) is -1.80. The van der Waals surface area contributed by atoms with Crippen molar-refractivity contribution in [2.75, 3.05) is 0 Å². The van der Waals surface area contributed by atoms with E-state index in [4.69, 9.17) is 4.55 Å². The third-order valence-electron chi connectivity index (χ3n) is 1.91. The first-order chi connectivity index (χ1) is 7.23. The topological polar surface area (TPSA) is 54.4 Å². The molecule has 0 fully saturated rings. The van der Waals surface area contributed by atoms with Crippen molar-refractivity contribution in [1.82, 2.24) is 0 Å². The number of hydrogen-bond donors (Lipinski definition) is 1. The molecule has 0 saturated heterocycles. The second-order valence-corrected chi connectivity index (χ2v) is 4.45. The van der Waals surface area contributed by atoms with E-state index in [0.717, 1.165) is 12.1 Å². The minimum atomic E-state index is -4.54. The molecule has 1 aromatic rings. The number of hydrogen-bond acceptors (Lipinski definition) is 2. The first kappa shape index (κ1) is 12.7. The maximum Gasteiger partial charge on any atom is 0.306 e. The van der Waals surface area contributed by atoms with E-state index in [2.05, 4.69) is 0 Å². The van der Waals surface area contributed by atoms with E-state index in [0.29, 0.717) is 6.07 Å². The van der Waals surface area contributed by atoms with Crippen molar-refractivity contribution in [2.24, 2.45) is 0 Å². The normalized spacial score (nSPS) is 11.3. The maximum absolute atomic E-state index is 12.9. The van der Waals surface area contributed by atoms with Gasteiger partial charge in [0.25, 0.3) is 10.1 Å². The lowest BCUT2D eigenvalue weighted by Crippen LogP contribution is -1.99. The lowest BCUT2D eigenvalue weighted by molar-refractivity contribution is 0.410. The molecular weight excluding hydrogens is 245 g/mol. The summed E-state index contributed by atoms with van der Waals surface area (Å²) in [7, 11) is -4.54.